The summed E-state index contributed by atoms with van der Waals surface area (Å²) in [7, 11) is 0. The van der Waals surface area contributed by atoms with Gasteiger partial charge in [-0.2, -0.15) is 0 Å². The van der Waals surface area contributed by atoms with Crippen molar-refractivity contribution in [2.45, 2.75) is 58.0 Å². The van der Waals surface area contributed by atoms with Crippen molar-refractivity contribution in [3.8, 4) is 11.8 Å². The number of unbranched alkanes of at least 4 members (excludes halogenated alkanes) is 1. The van der Waals surface area contributed by atoms with Gasteiger partial charge in [0, 0.05) is 6.42 Å². The molecule has 1 rings (SSSR count). The molecule has 1 nitrogen and oxygen atoms in total. The van der Waals surface area contributed by atoms with E-state index in [2.05, 4.69) is 18.8 Å². The van der Waals surface area contributed by atoms with Gasteiger partial charge in [0.15, 0.2) is 0 Å². The standard InChI is InChI=1S/C12H20O/c1-2-3-5-10-12(13)11-8-6-4-7-9-11/h11-13H,2-4,6-9H2,1H3/t12-/m0/s1. The van der Waals surface area contributed by atoms with Crippen LogP contribution >= 0.6 is 0 Å². The van der Waals surface area contributed by atoms with Crippen LogP contribution in [0.1, 0.15) is 51.9 Å². The Morgan fingerprint density at radius 2 is 2.00 bits per heavy atom. The third kappa shape index (κ3) is 3.83. The summed E-state index contributed by atoms with van der Waals surface area (Å²) in [4.78, 5) is 0. The molecule has 0 radical (unpaired) electrons. The Morgan fingerprint density at radius 1 is 1.31 bits per heavy atom. The molecule has 1 aliphatic rings. The summed E-state index contributed by atoms with van der Waals surface area (Å²) in [5.41, 5.74) is 0. The Kier molecular flexibility index (Phi) is 4.93. The van der Waals surface area contributed by atoms with Gasteiger partial charge >= 0.3 is 0 Å². The molecule has 74 valence electrons. The quantitative estimate of drug-likeness (QED) is 0.648. The molecule has 0 aliphatic heterocycles. The van der Waals surface area contributed by atoms with E-state index in [1.807, 2.05) is 0 Å². The van der Waals surface area contributed by atoms with Crippen molar-refractivity contribution in [1.29, 1.82) is 0 Å². The average Bonchev–Trinajstić information content (AvgIpc) is 2.19. The van der Waals surface area contributed by atoms with Gasteiger partial charge in [0.05, 0.1) is 0 Å². The highest BCUT2D eigenvalue weighted by atomic mass is 16.3. The largest absolute Gasteiger partial charge is 0.380 e. The number of rotatable bonds is 2. The van der Waals surface area contributed by atoms with Crippen LogP contribution in [0.25, 0.3) is 0 Å². The molecule has 0 spiro atoms. The molecule has 0 aromatic heterocycles. The highest BCUT2D eigenvalue weighted by Crippen LogP contribution is 2.26. The Morgan fingerprint density at radius 3 is 2.62 bits per heavy atom. The minimum atomic E-state index is -0.355. The van der Waals surface area contributed by atoms with Crippen molar-refractivity contribution in [2.75, 3.05) is 0 Å². The Bertz CT molecular complexity index is 181. The molecule has 0 saturated heterocycles. The zero-order chi connectivity index (χ0) is 9.52. The van der Waals surface area contributed by atoms with E-state index >= 15 is 0 Å². The molecule has 1 saturated carbocycles. The lowest BCUT2D eigenvalue weighted by Gasteiger charge is -2.23. The molecule has 0 aromatic rings. The van der Waals surface area contributed by atoms with E-state index in [-0.39, 0.29) is 6.10 Å². The van der Waals surface area contributed by atoms with Crippen LogP contribution in [-0.4, -0.2) is 11.2 Å². The van der Waals surface area contributed by atoms with Crippen molar-refractivity contribution in [3.05, 3.63) is 0 Å². The smallest absolute Gasteiger partial charge is 0.117 e. The van der Waals surface area contributed by atoms with Crippen molar-refractivity contribution < 1.29 is 5.11 Å². The van der Waals surface area contributed by atoms with E-state index in [0.29, 0.717) is 5.92 Å². The van der Waals surface area contributed by atoms with E-state index in [0.717, 1.165) is 12.8 Å². The number of hydrogen-bond acceptors (Lipinski definition) is 1. The molecule has 0 unspecified atom stereocenters. The summed E-state index contributed by atoms with van der Waals surface area (Å²) >= 11 is 0. The lowest BCUT2D eigenvalue weighted by Crippen LogP contribution is -2.21. The lowest BCUT2D eigenvalue weighted by molar-refractivity contribution is 0.133. The van der Waals surface area contributed by atoms with Gasteiger partial charge in [0.2, 0.25) is 0 Å². The van der Waals surface area contributed by atoms with Crippen molar-refractivity contribution in [3.63, 3.8) is 0 Å². The van der Waals surface area contributed by atoms with Crippen LogP contribution < -0.4 is 0 Å². The van der Waals surface area contributed by atoms with Crippen molar-refractivity contribution in [1.82, 2.24) is 0 Å². The first-order valence-corrected chi connectivity index (χ1v) is 5.51. The summed E-state index contributed by atoms with van der Waals surface area (Å²) in [6, 6.07) is 0. The fourth-order valence-electron chi connectivity index (χ4n) is 1.87. The van der Waals surface area contributed by atoms with Crippen molar-refractivity contribution >= 4 is 0 Å². The summed E-state index contributed by atoms with van der Waals surface area (Å²) in [5.74, 6) is 6.45. The fourth-order valence-corrected chi connectivity index (χ4v) is 1.87. The first-order chi connectivity index (χ1) is 6.34. The van der Waals surface area contributed by atoms with Gasteiger partial charge in [-0.15, -0.1) is 5.92 Å². The zero-order valence-corrected chi connectivity index (χ0v) is 8.55. The normalized spacial score (nSPS) is 20.5. The molecule has 1 heteroatoms. The van der Waals surface area contributed by atoms with Crippen LogP contribution in [0.2, 0.25) is 0 Å². The monoisotopic (exact) mass is 180 g/mol. The van der Waals surface area contributed by atoms with E-state index < -0.39 is 0 Å². The molecule has 1 atom stereocenters. The summed E-state index contributed by atoms with van der Waals surface area (Å²) in [6.45, 7) is 2.11. The third-order valence-electron chi connectivity index (χ3n) is 2.72. The van der Waals surface area contributed by atoms with Crippen LogP contribution in [0.3, 0.4) is 0 Å². The van der Waals surface area contributed by atoms with E-state index in [1.165, 1.54) is 32.1 Å². The maximum absolute atomic E-state index is 9.73. The molecule has 1 fully saturated rings. The molecule has 1 aliphatic carbocycles. The second-order valence-corrected chi connectivity index (χ2v) is 3.91. The molecule has 0 bridgehead atoms. The van der Waals surface area contributed by atoms with Gasteiger partial charge in [-0.05, 0) is 25.2 Å². The molecule has 13 heavy (non-hydrogen) atoms. The zero-order valence-electron chi connectivity index (χ0n) is 8.55. The predicted octanol–water partition coefficient (Wildman–Crippen LogP) is 2.73. The van der Waals surface area contributed by atoms with Crippen LogP contribution in [-0.2, 0) is 0 Å². The Balaban J connectivity index is 2.29. The summed E-state index contributed by atoms with van der Waals surface area (Å²) in [6.07, 6.45) is 7.88. The van der Waals surface area contributed by atoms with Crippen molar-refractivity contribution in [2.24, 2.45) is 5.92 Å². The molecular formula is C12H20O. The molecule has 0 heterocycles. The van der Waals surface area contributed by atoms with E-state index in [4.69, 9.17) is 0 Å². The average molecular weight is 180 g/mol. The van der Waals surface area contributed by atoms with Crippen LogP contribution in [0, 0.1) is 17.8 Å². The van der Waals surface area contributed by atoms with Gasteiger partial charge in [-0.3, -0.25) is 0 Å². The first kappa shape index (κ1) is 10.6. The van der Waals surface area contributed by atoms with Crippen LogP contribution in [0.5, 0.6) is 0 Å². The highest BCUT2D eigenvalue weighted by Gasteiger charge is 2.19. The predicted molar refractivity (Wildman–Crippen MR) is 55.3 cm³/mol. The van der Waals surface area contributed by atoms with Crippen LogP contribution in [0.15, 0.2) is 0 Å². The SMILES string of the molecule is CCCC#C[C@H](O)C1CCCCC1. The van der Waals surface area contributed by atoms with E-state index in [9.17, 15) is 5.11 Å². The first-order valence-electron chi connectivity index (χ1n) is 5.51. The number of aliphatic hydroxyl groups is 1. The lowest BCUT2D eigenvalue weighted by atomic mass is 9.85. The molecule has 0 aromatic carbocycles. The second kappa shape index (κ2) is 6.05. The van der Waals surface area contributed by atoms with Gasteiger partial charge in [0.1, 0.15) is 6.10 Å². The summed E-state index contributed by atoms with van der Waals surface area (Å²) in [5, 5.41) is 9.73. The minimum absolute atomic E-state index is 0.355. The third-order valence-corrected chi connectivity index (χ3v) is 2.72. The summed E-state index contributed by atoms with van der Waals surface area (Å²) < 4.78 is 0. The molecule has 1 N–H and O–H groups in total. The number of hydrogen-bond donors (Lipinski definition) is 1. The molecule has 0 amide bonds. The Hall–Kier alpha value is -0.480. The van der Waals surface area contributed by atoms with E-state index in [1.54, 1.807) is 0 Å². The maximum atomic E-state index is 9.73. The maximum Gasteiger partial charge on any atom is 0.117 e. The highest BCUT2D eigenvalue weighted by molar-refractivity contribution is 5.06. The van der Waals surface area contributed by atoms with Crippen LogP contribution in [0.4, 0.5) is 0 Å². The van der Waals surface area contributed by atoms with Gasteiger partial charge < -0.3 is 5.11 Å². The van der Waals surface area contributed by atoms with Gasteiger partial charge in [-0.1, -0.05) is 32.1 Å². The number of aliphatic hydroxyl groups excluding tert-OH is 1. The molecular weight excluding hydrogens is 160 g/mol. The van der Waals surface area contributed by atoms with Gasteiger partial charge in [-0.25, -0.2) is 0 Å². The second-order valence-electron chi connectivity index (χ2n) is 3.91. The Labute approximate surface area is 81.5 Å². The topological polar surface area (TPSA) is 20.2 Å². The minimum Gasteiger partial charge on any atom is -0.380 e. The van der Waals surface area contributed by atoms with Gasteiger partial charge in [0.25, 0.3) is 0 Å². The fraction of sp³-hybridized carbons (Fsp3) is 0.833.